The van der Waals surface area contributed by atoms with E-state index in [2.05, 4.69) is 44.2 Å². The molecule has 0 atom stereocenters. The number of aryl methyl sites for hydroxylation is 1. The molecule has 0 amide bonds. The van der Waals surface area contributed by atoms with Gasteiger partial charge in [-0.25, -0.2) is 0 Å². The van der Waals surface area contributed by atoms with Crippen LogP contribution in [0.3, 0.4) is 0 Å². The standard InChI is InChI=1S/C18H18BrN3O/c1-13-4-3-5-17(20-13)18-10-15(11-19)21-22(18)12-14-6-8-16(23-2)9-7-14/h3-10H,11-12H2,1-2H3. The van der Waals surface area contributed by atoms with E-state index in [1.807, 2.05) is 41.9 Å². The number of halogens is 1. The van der Waals surface area contributed by atoms with Gasteiger partial charge in [0, 0.05) is 11.0 Å². The molecule has 23 heavy (non-hydrogen) atoms. The van der Waals surface area contributed by atoms with E-state index in [0.29, 0.717) is 6.54 Å². The fraction of sp³-hybridized carbons (Fsp3) is 0.222. The van der Waals surface area contributed by atoms with E-state index in [0.717, 1.165) is 33.9 Å². The van der Waals surface area contributed by atoms with Crippen LogP contribution in [0.5, 0.6) is 5.75 Å². The normalized spacial score (nSPS) is 10.7. The van der Waals surface area contributed by atoms with E-state index in [1.165, 1.54) is 5.56 Å². The number of benzene rings is 1. The first-order chi connectivity index (χ1) is 11.2. The van der Waals surface area contributed by atoms with Gasteiger partial charge in [0.15, 0.2) is 0 Å². The molecule has 3 rings (SSSR count). The lowest BCUT2D eigenvalue weighted by Crippen LogP contribution is -2.05. The van der Waals surface area contributed by atoms with Gasteiger partial charge < -0.3 is 4.74 Å². The van der Waals surface area contributed by atoms with Crippen LogP contribution in [0, 0.1) is 6.92 Å². The van der Waals surface area contributed by atoms with Crippen molar-refractivity contribution < 1.29 is 4.74 Å². The third-order valence-corrected chi connectivity index (χ3v) is 4.18. The highest BCUT2D eigenvalue weighted by atomic mass is 79.9. The molecular formula is C18H18BrN3O. The lowest BCUT2D eigenvalue weighted by atomic mass is 10.2. The first-order valence-electron chi connectivity index (χ1n) is 7.39. The summed E-state index contributed by atoms with van der Waals surface area (Å²) in [6.45, 7) is 2.70. The molecule has 0 aliphatic heterocycles. The Morgan fingerprint density at radius 2 is 1.91 bits per heavy atom. The van der Waals surface area contributed by atoms with Crippen LogP contribution in [0.2, 0.25) is 0 Å². The quantitative estimate of drug-likeness (QED) is 0.630. The molecule has 5 heteroatoms. The molecule has 0 bridgehead atoms. The van der Waals surface area contributed by atoms with Gasteiger partial charge in [-0.1, -0.05) is 34.1 Å². The molecule has 1 aromatic carbocycles. The highest BCUT2D eigenvalue weighted by molar-refractivity contribution is 9.08. The molecular weight excluding hydrogens is 354 g/mol. The topological polar surface area (TPSA) is 39.9 Å². The number of ether oxygens (including phenoxy) is 1. The lowest BCUT2D eigenvalue weighted by molar-refractivity contribution is 0.414. The fourth-order valence-electron chi connectivity index (χ4n) is 2.45. The van der Waals surface area contributed by atoms with Gasteiger partial charge in [0.05, 0.1) is 30.7 Å². The Labute approximate surface area is 144 Å². The SMILES string of the molecule is COc1ccc(Cn2nc(CBr)cc2-c2cccc(C)n2)cc1. The number of rotatable bonds is 5. The summed E-state index contributed by atoms with van der Waals surface area (Å²) in [6, 6.07) is 16.2. The van der Waals surface area contributed by atoms with Crippen LogP contribution in [-0.4, -0.2) is 21.9 Å². The van der Waals surface area contributed by atoms with Gasteiger partial charge in [-0.3, -0.25) is 9.67 Å². The van der Waals surface area contributed by atoms with Gasteiger partial charge in [-0.2, -0.15) is 5.10 Å². The summed E-state index contributed by atoms with van der Waals surface area (Å²) < 4.78 is 7.21. The number of methoxy groups -OCH3 is 1. The van der Waals surface area contributed by atoms with Gasteiger partial charge in [0.25, 0.3) is 0 Å². The zero-order valence-electron chi connectivity index (χ0n) is 13.2. The molecule has 0 saturated heterocycles. The molecule has 0 N–H and O–H groups in total. The zero-order valence-corrected chi connectivity index (χ0v) is 14.7. The van der Waals surface area contributed by atoms with Crippen molar-refractivity contribution in [1.29, 1.82) is 0 Å². The largest absolute Gasteiger partial charge is 0.497 e. The van der Waals surface area contributed by atoms with Crippen LogP contribution in [0.1, 0.15) is 17.0 Å². The minimum absolute atomic E-state index is 0.696. The predicted molar refractivity (Wildman–Crippen MR) is 94.9 cm³/mol. The fourth-order valence-corrected chi connectivity index (χ4v) is 2.73. The smallest absolute Gasteiger partial charge is 0.118 e. The van der Waals surface area contributed by atoms with Gasteiger partial charge in [-0.05, 0) is 42.8 Å². The van der Waals surface area contributed by atoms with Gasteiger partial charge in [0.2, 0.25) is 0 Å². The van der Waals surface area contributed by atoms with E-state index < -0.39 is 0 Å². The second-order valence-corrected chi connectivity index (χ2v) is 5.89. The van der Waals surface area contributed by atoms with Crippen molar-refractivity contribution in [3.05, 3.63) is 65.5 Å². The molecule has 0 radical (unpaired) electrons. The van der Waals surface area contributed by atoms with Crippen LogP contribution in [0.25, 0.3) is 11.4 Å². The maximum atomic E-state index is 5.21. The molecule has 0 unspecified atom stereocenters. The van der Waals surface area contributed by atoms with Crippen LogP contribution in [0.4, 0.5) is 0 Å². The summed E-state index contributed by atoms with van der Waals surface area (Å²) in [5, 5.41) is 5.39. The van der Waals surface area contributed by atoms with Crippen molar-refractivity contribution in [3.63, 3.8) is 0 Å². The number of hydrogen-bond donors (Lipinski definition) is 0. The average Bonchev–Trinajstić information content (AvgIpc) is 2.98. The summed E-state index contributed by atoms with van der Waals surface area (Å²) in [5.41, 5.74) is 5.14. The Morgan fingerprint density at radius 3 is 2.57 bits per heavy atom. The number of nitrogens with zero attached hydrogens (tertiary/aromatic N) is 3. The van der Waals surface area contributed by atoms with Gasteiger partial charge in [-0.15, -0.1) is 0 Å². The van der Waals surface area contributed by atoms with Crippen molar-refractivity contribution in [2.75, 3.05) is 7.11 Å². The Hall–Kier alpha value is -2.14. The van der Waals surface area contributed by atoms with E-state index >= 15 is 0 Å². The average molecular weight is 372 g/mol. The third kappa shape index (κ3) is 3.62. The Kier molecular flexibility index (Phi) is 4.76. The second-order valence-electron chi connectivity index (χ2n) is 5.32. The maximum absolute atomic E-state index is 5.21. The van der Waals surface area contributed by atoms with Crippen molar-refractivity contribution in [2.45, 2.75) is 18.8 Å². The molecule has 2 aromatic heterocycles. The molecule has 118 valence electrons. The Morgan fingerprint density at radius 1 is 1.13 bits per heavy atom. The van der Waals surface area contributed by atoms with Crippen molar-refractivity contribution in [3.8, 4) is 17.1 Å². The number of pyridine rings is 1. The van der Waals surface area contributed by atoms with Crippen LogP contribution < -0.4 is 4.74 Å². The highest BCUT2D eigenvalue weighted by Gasteiger charge is 2.11. The molecule has 0 aliphatic carbocycles. The van der Waals surface area contributed by atoms with E-state index in [1.54, 1.807) is 7.11 Å². The molecule has 0 saturated carbocycles. The summed E-state index contributed by atoms with van der Waals surface area (Å²) in [7, 11) is 1.67. The molecule has 4 nitrogen and oxygen atoms in total. The van der Waals surface area contributed by atoms with Crippen molar-refractivity contribution in [2.24, 2.45) is 0 Å². The summed E-state index contributed by atoms with van der Waals surface area (Å²) in [5.74, 6) is 0.857. The molecule has 0 spiro atoms. The summed E-state index contributed by atoms with van der Waals surface area (Å²) in [6.07, 6.45) is 0. The van der Waals surface area contributed by atoms with E-state index in [4.69, 9.17) is 4.74 Å². The summed E-state index contributed by atoms with van der Waals surface area (Å²) in [4.78, 5) is 4.62. The Bertz CT molecular complexity index is 796. The molecule has 3 aromatic rings. The molecule has 0 aliphatic rings. The summed E-state index contributed by atoms with van der Waals surface area (Å²) >= 11 is 3.48. The third-order valence-electron chi connectivity index (χ3n) is 3.61. The van der Waals surface area contributed by atoms with Gasteiger partial charge in [0.1, 0.15) is 5.75 Å². The molecule has 2 heterocycles. The molecule has 0 fully saturated rings. The first kappa shape index (κ1) is 15.7. The number of alkyl halides is 1. The second kappa shape index (κ2) is 6.96. The maximum Gasteiger partial charge on any atom is 0.118 e. The first-order valence-corrected chi connectivity index (χ1v) is 8.51. The number of hydrogen-bond acceptors (Lipinski definition) is 3. The zero-order chi connectivity index (χ0) is 16.2. The van der Waals surface area contributed by atoms with E-state index in [9.17, 15) is 0 Å². The van der Waals surface area contributed by atoms with Gasteiger partial charge >= 0.3 is 0 Å². The van der Waals surface area contributed by atoms with E-state index in [-0.39, 0.29) is 0 Å². The van der Waals surface area contributed by atoms with Crippen molar-refractivity contribution >= 4 is 15.9 Å². The predicted octanol–water partition coefficient (Wildman–Crippen LogP) is 4.21. The van der Waals surface area contributed by atoms with Crippen LogP contribution >= 0.6 is 15.9 Å². The monoisotopic (exact) mass is 371 g/mol. The Balaban J connectivity index is 1.96. The van der Waals surface area contributed by atoms with Crippen LogP contribution in [0.15, 0.2) is 48.5 Å². The number of aromatic nitrogens is 3. The lowest BCUT2D eigenvalue weighted by Gasteiger charge is -2.08. The van der Waals surface area contributed by atoms with Crippen LogP contribution in [-0.2, 0) is 11.9 Å². The minimum Gasteiger partial charge on any atom is -0.497 e. The van der Waals surface area contributed by atoms with Crippen molar-refractivity contribution in [1.82, 2.24) is 14.8 Å². The highest BCUT2D eigenvalue weighted by Crippen LogP contribution is 2.22. The minimum atomic E-state index is 0.696.